The number of aromatic hydroxyl groups is 1. The molecule has 382 valence electrons. The maximum atomic E-state index is 14.5. The zero-order valence-electron chi connectivity index (χ0n) is 38.9. The van der Waals surface area contributed by atoms with Crippen LogP contribution in [0.4, 0.5) is 0 Å². The van der Waals surface area contributed by atoms with Crippen LogP contribution in [0.3, 0.4) is 0 Å². The van der Waals surface area contributed by atoms with E-state index >= 15 is 0 Å². The first-order valence-corrected chi connectivity index (χ1v) is 29.2. The fourth-order valence-electron chi connectivity index (χ4n) is 7.33. The second-order valence-electron chi connectivity index (χ2n) is 17.3. The van der Waals surface area contributed by atoms with Crippen LogP contribution in [-0.4, -0.2) is 168 Å². The van der Waals surface area contributed by atoms with Gasteiger partial charge in [-0.25, -0.2) is 0 Å². The van der Waals surface area contributed by atoms with Gasteiger partial charge in [0.2, 0.25) is 0 Å². The molecular formula is C43H65N11O13Se2. The average Bonchev–Trinajstić information content (AvgIpc) is 3.78. The molecule has 2 saturated heterocycles. The van der Waals surface area contributed by atoms with Gasteiger partial charge in [0.1, 0.15) is 0 Å². The molecule has 0 saturated carbocycles. The molecule has 0 aromatic heterocycles. The molecule has 0 spiro atoms. The maximum absolute atomic E-state index is 14.5. The summed E-state index contributed by atoms with van der Waals surface area (Å²) in [5.41, 5.74) is 17.8. The van der Waals surface area contributed by atoms with Crippen LogP contribution in [0.15, 0.2) is 24.3 Å². The van der Waals surface area contributed by atoms with Gasteiger partial charge in [-0.1, -0.05) is 0 Å². The summed E-state index contributed by atoms with van der Waals surface area (Å²) in [6, 6.07) is -4.81. The van der Waals surface area contributed by atoms with Crippen LogP contribution in [0.25, 0.3) is 0 Å². The zero-order chi connectivity index (χ0) is 51.5. The van der Waals surface area contributed by atoms with Gasteiger partial charge in [0.15, 0.2) is 0 Å². The minimum absolute atomic E-state index is 0.0261. The van der Waals surface area contributed by atoms with Crippen LogP contribution in [0.5, 0.6) is 5.75 Å². The summed E-state index contributed by atoms with van der Waals surface area (Å²) < 4.78 is 0. The predicted octanol–water partition coefficient (Wildman–Crippen LogP) is -4.23. The first-order valence-electron chi connectivity index (χ1n) is 22.5. The molecule has 10 amide bonds. The number of nitrogens with one attached hydrogen (secondary N) is 7. The van der Waals surface area contributed by atoms with E-state index < -0.39 is 165 Å². The molecule has 69 heavy (non-hydrogen) atoms. The molecule has 0 aliphatic carbocycles. The van der Waals surface area contributed by atoms with Crippen molar-refractivity contribution in [2.24, 2.45) is 29.0 Å². The van der Waals surface area contributed by atoms with Crippen molar-refractivity contribution >= 4 is 91.3 Å². The molecule has 9 atom stereocenters. The molecule has 0 bridgehead atoms. The number of aliphatic carboxylic acids is 1. The van der Waals surface area contributed by atoms with Crippen LogP contribution < -0.4 is 54.4 Å². The van der Waals surface area contributed by atoms with Gasteiger partial charge in [-0.15, -0.1) is 0 Å². The van der Waals surface area contributed by atoms with Crippen LogP contribution >= 0.6 is 0 Å². The van der Waals surface area contributed by atoms with Crippen molar-refractivity contribution in [3.05, 3.63) is 29.8 Å². The quantitative estimate of drug-likeness (QED) is 0.0659. The van der Waals surface area contributed by atoms with Crippen LogP contribution in [0.2, 0.25) is 10.6 Å². The fraction of sp³-hybridized carbons (Fsp3) is 0.605. The first kappa shape index (κ1) is 57.5. The van der Waals surface area contributed by atoms with Crippen molar-refractivity contribution in [1.82, 2.24) is 42.1 Å². The van der Waals surface area contributed by atoms with E-state index in [1.54, 1.807) is 39.8 Å². The molecule has 1 aromatic carbocycles. The van der Waals surface area contributed by atoms with Crippen molar-refractivity contribution < 1.29 is 63.0 Å². The van der Waals surface area contributed by atoms with E-state index in [0.29, 0.717) is 18.4 Å². The van der Waals surface area contributed by atoms with Gasteiger partial charge in [-0.3, -0.25) is 4.79 Å². The van der Waals surface area contributed by atoms with E-state index in [4.69, 9.17) is 22.3 Å². The van der Waals surface area contributed by atoms with E-state index in [1.807, 2.05) is 0 Å². The Labute approximate surface area is 410 Å². The van der Waals surface area contributed by atoms with Crippen molar-refractivity contribution in [3.63, 3.8) is 0 Å². The Kier molecular flexibility index (Phi) is 23.3. The van der Waals surface area contributed by atoms with Gasteiger partial charge in [-0.05, 0) is 0 Å². The average molecular weight is 1100 g/mol. The number of phenolic OH excluding ortho intramolecular Hbond substituents is 1. The number of phenols is 1. The summed E-state index contributed by atoms with van der Waals surface area (Å²) in [5, 5.41) is 36.8. The van der Waals surface area contributed by atoms with Gasteiger partial charge in [0.25, 0.3) is 0 Å². The molecule has 2 heterocycles. The molecule has 26 heteroatoms. The normalized spacial score (nSPS) is 24.3. The molecule has 0 unspecified atom stereocenters. The molecule has 1 aromatic rings. The van der Waals surface area contributed by atoms with Crippen LogP contribution in [0, 0.1) is 11.8 Å². The molecule has 2 fully saturated rings. The monoisotopic (exact) mass is 1100 g/mol. The summed E-state index contributed by atoms with van der Waals surface area (Å²) in [6.45, 7) is 6.37. The fourth-order valence-corrected chi connectivity index (χ4v) is 14.3. The number of amides is 10. The third kappa shape index (κ3) is 18.9. The number of carbonyl (C=O) groups is 11. The first-order chi connectivity index (χ1) is 32.5. The topological polar surface area (TPSA) is 394 Å². The number of benzene rings is 1. The molecule has 2 aliphatic heterocycles. The number of hydrogen-bond acceptors (Lipinski definition) is 13. The molecule has 24 nitrogen and oxygen atoms in total. The number of carboxylic acid groups (broad SMARTS) is 1. The van der Waals surface area contributed by atoms with E-state index in [2.05, 4.69) is 37.2 Å². The van der Waals surface area contributed by atoms with Gasteiger partial charge in [0, 0.05) is 0 Å². The van der Waals surface area contributed by atoms with E-state index in [-0.39, 0.29) is 54.5 Å². The van der Waals surface area contributed by atoms with Crippen molar-refractivity contribution in [2.75, 3.05) is 13.1 Å². The number of carbonyl (C=O) groups excluding carboxylic acids is 10. The van der Waals surface area contributed by atoms with Gasteiger partial charge in [0.05, 0.1) is 0 Å². The number of nitrogens with two attached hydrogens (primary N) is 3. The Morgan fingerprint density at radius 3 is 2.03 bits per heavy atom. The summed E-state index contributed by atoms with van der Waals surface area (Å²) in [6.07, 6.45) is -0.674. The number of primary amides is 2. The van der Waals surface area contributed by atoms with E-state index in [9.17, 15) is 57.8 Å². The van der Waals surface area contributed by atoms with Crippen molar-refractivity contribution in [2.45, 2.75) is 138 Å². The number of hydrogen-bond donors (Lipinski definition) is 12. The third-order valence-corrected chi connectivity index (χ3v) is 18.4. The number of likely N-dealkylation sites (tertiary alicyclic amines) is 1. The molecule has 2 aliphatic rings. The van der Waals surface area contributed by atoms with Crippen LogP contribution in [-0.2, 0) is 59.2 Å². The minimum atomic E-state index is -1.73. The van der Waals surface area contributed by atoms with Crippen molar-refractivity contribution in [3.8, 4) is 5.75 Å². The Hall–Kier alpha value is -5.81. The number of rotatable bonds is 17. The zero-order valence-corrected chi connectivity index (χ0v) is 42.4. The molecule has 0 radical (unpaired) electrons. The Bertz CT molecular complexity index is 2050. The summed E-state index contributed by atoms with van der Waals surface area (Å²) in [7, 11) is 0. The third-order valence-electron chi connectivity index (χ3n) is 11.3. The van der Waals surface area contributed by atoms with Crippen molar-refractivity contribution in [1.29, 1.82) is 0 Å². The van der Waals surface area contributed by atoms with Gasteiger partial charge >= 0.3 is 402 Å². The van der Waals surface area contributed by atoms with Crippen LogP contribution in [0.1, 0.15) is 78.2 Å². The van der Waals surface area contributed by atoms with E-state index in [0.717, 1.165) is 0 Å². The Balaban J connectivity index is 2.05. The SMILES string of the molecule is CC[C@H](C)[C@@H]1NC(=O)[C@H](Cc2ccc(O)cc2)NC(=O)[C@@H](N)C[Se][Se]C[C@@H](C(=O)N2CCC[C@H]2C(=O)N[C@@H](CC(C)C)C(=O)NCC(=O)O)NC(=O)[C@H](CC(N)=O)NC(=O)[C@H](CCC(N)=O)NC1=O. The molecule has 15 N–H and O–H groups in total. The standard InChI is InChI=1S/C43H65N11O13Se2/c1-5-22(4)35-42(66)48-26(12-13-32(45)56)38(62)50-29(17-33(46)57)39(63)52-30(20-69-68-19-25(44)36(60)49-28(40(64)53-35)16-23-8-10-24(55)11-9-23)43(67)54-14-6-7-31(54)41(65)51-27(15-21(2)3)37(61)47-18-34(58)59/h8-11,21-22,25-31,35,55H,5-7,12-20,44H2,1-4H3,(H2,45,56)(H2,46,57)(H,47,61)(H,48,66)(H,49,60)(H,50,62)(H,51,65)(H,52,63)(H,53,64)(H,58,59)/t22-,25-,26-,27-,28-,29-,30-,31-,35-/m0/s1. The van der Waals surface area contributed by atoms with Gasteiger partial charge < -0.3 is 5.11 Å². The number of carboxylic acids is 1. The summed E-state index contributed by atoms with van der Waals surface area (Å²) in [5.74, 6) is -10.5. The second kappa shape index (κ2) is 28.0. The summed E-state index contributed by atoms with van der Waals surface area (Å²) >= 11 is -0.938. The Morgan fingerprint density at radius 1 is 0.812 bits per heavy atom. The van der Waals surface area contributed by atoms with E-state index in [1.165, 1.54) is 17.0 Å². The Morgan fingerprint density at radius 2 is 1.42 bits per heavy atom. The summed E-state index contributed by atoms with van der Waals surface area (Å²) in [4.78, 5) is 148. The molecule has 3 rings (SSSR count). The van der Waals surface area contributed by atoms with Gasteiger partial charge in [-0.2, -0.15) is 0 Å². The number of nitrogens with zero attached hydrogens (tertiary/aromatic N) is 1. The molecular weight excluding hydrogens is 1040 g/mol. The second-order valence-corrected chi connectivity index (χ2v) is 24.9. The predicted molar refractivity (Wildman–Crippen MR) is 249 cm³/mol.